The summed E-state index contributed by atoms with van der Waals surface area (Å²) in [5.41, 5.74) is 5.42. The molecule has 0 radical (unpaired) electrons. The predicted octanol–water partition coefficient (Wildman–Crippen LogP) is 11.4. The Bertz CT molecular complexity index is 2210. The smallest absolute Gasteiger partial charge is 0.229 e. The minimum absolute atomic E-state index is 0.0850. The molecule has 0 aliphatic heterocycles. The molecule has 0 fully saturated rings. The van der Waals surface area contributed by atoms with Crippen molar-refractivity contribution in [3.63, 3.8) is 0 Å². The van der Waals surface area contributed by atoms with Gasteiger partial charge in [0.25, 0.3) is 0 Å². The first-order chi connectivity index (χ1) is 33.7. The molecule has 6 N–H and O–H groups in total. The molecule has 0 bridgehead atoms. The average Bonchev–Trinajstić information content (AvgIpc) is 3.30. The standard InChI is InChI=1S/C57H84N6O9/c1-16-40(64)19-22-70-31-46(37-25-34(4)49(67)43(28-37)55(7,8)9)58-52-61-53(59-47(32-71-23-20-41(65)17-2)38-26-35(5)50(68)44(29-38)56(10,11)12)63-54(62-52)60-48(33-72-24-21-42(66)18-3)39-27-36(6)51(69)45(30-39)57(13,14)15/h25-30,46-48,67-69H,16-24,31-33H2,1-15H3,(H3,58,59,60,61,62,63). The summed E-state index contributed by atoms with van der Waals surface area (Å²) in [5, 5.41) is 44.4. The highest BCUT2D eigenvalue weighted by Crippen LogP contribution is 2.39. The molecule has 1 heterocycles. The third-order valence-electron chi connectivity index (χ3n) is 12.8. The van der Waals surface area contributed by atoms with Gasteiger partial charge in [0.1, 0.15) is 34.6 Å². The van der Waals surface area contributed by atoms with E-state index in [0.717, 1.165) is 33.4 Å². The predicted molar refractivity (Wildman–Crippen MR) is 286 cm³/mol. The second-order valence-corrected chi connectivity index (χ2v) is 22.0. The lowest BCUT2D eigenvalue weighted by atomic mass is 9.83. The number of hydrogen-bond acceptors (Lipinski definition) is 15. The van der Waals surface area contributed by atoms with Gasteiger partial charge in [-0.1, -0.05) is 101 Å². The van der Waals surface area contributed by atoms with E-state index in [-0.39, 0.29) is 111 Å². The Morgan fingerprint density at radius 1 is 0.458 bits per heavy atom. The SMILES string of the molecule is CCC(=O)CCOCC(Nc1nc(NC(COCCC(=O)CC)c2cc(C)c(O)c(C(C)(C)C)c2)nc(NC(COCCC(=O)CC)c2cc(C)c(O)c(C(C)(C)C)c2)n1)c1cc(C)c(O)c(C(C)(C)C)c1. The van der Waals surface area contributed by atoms with Crippen LogP contribution in [0.2, 0.25) is 0 Å². The number of phenolic OH excluding ortho intramolecular Hbond substituents is 3. The summed E-state index contributed by atoms with van der Waals surface area (Å²) in [4.78, 5) is 51.9. The Morgan fingerprint density at radius 3 is 0.903 bits per heavy atom. The summed E-state index contributed by atoms with van der Waals surface area (Å²) in [7, 11) is 0. The van der Waals surface area contributed by atoms with Crippen LogP contribution in [0.15, 0.2) is 36.4 Å². The molecule has 72 heavy (non-hydrogen) atoms. The van der Waals surface area contributed by atoms with Crippen LogP contribution in [0.3, 0.4) is 0 Å². The molecule has 4 aromatic rings. The summed E-state index contributed by atoms with van der Waals surface area (Å²) >= 11 is 0. The number of carbonyl (C=O) groups is 3. The van der Waals surface area contributed by atoms with Crippen LogP contribution in [0.4, 0.5) is 17.8 Å². The van der Waals surface area contributed by atoms with Crippen molar-refractivity contribution in [1.29, 1.82) is 0 Å². The van der Waals surface area contributed by atoms with Crippen LogP contribution in [-0.4, -0.2) is 87.3 Å². The monoisotopic (exact) mass is 997 g/mol. The normalized spacial score (nSPS) is 13.4. The number of aryl methyl sites for hydroxylation is 3. The first-order valence-corrected chi connectivity index (χ1v) is 25.5. The number of phenols is 3. The molecular formula is C57H84N6O9. The van der Waals surface area contributed by atoms with E-state index in [9.17, 15) is 29.7 Å². The highest BCUT2D eigenvalue weighted by Gasteiger charge is 2.28. The van der Waals surface area contributed by atoms with Crippen LogP contribution < -0.4 is 16.0 Å². The second-order valence-electron chi connectivity index (χ2n) is 22.0. The Labute approximate surface area is 428 Å². The van der Waals surface area contributed by atoms with Gasteiger partial charge >= 0.3 is 0 Å². The van der Waals surface area contributed by atoms with Crippen molar-refractivity contribution in [1.82, 2.24) is 15.0 Å². The maximum atomic E-state index is 12.3. The number of aromatic nitrogens is 3. The fraction of sp³-hybridized carbons (Fsp3) is 0.579. The topological polar surface area (TPSA) is 214 Å². The van der Waals surface area contributed by atoms with Gasteiger partial charge in [0.05, 0.1) is 57.8 Å². The number of carbonyl (C=O) groups excluding carboxylic acids is 3. The minimum atomic E-state index is -0.584. The van der Waals surface area contributed by atoms with Gasteiger partial charge in [0.2, 0.25) is 17.8 Å². The molecule has 0 aliphatic rings. The van der Waals surface area contributed by atoms with Gasteiger partial charge in [-0.3, -0.25) is 14.4 Å². The zero-order chi connectivity index (χ0) is 53.7. The lowest BCUT2D eigenvalue weighted by molar-refractivity contribution is -0.120. The molecule has 3 atom stereocenters. The fourth-order valence-electron chi connectivity index (χ4n) is 8.13. The first-order valence-electron chi connectivity index (χ1n) is 25.5. The molecule has 3 aromatic carbocycles. The molecular weight excluding hydrogens is 913 g/mol. The van der Waals surface area contributed by atoms with Crippen LogP contribution in [-0.2, 0) is 44.8 Å². The van der Waals surface area contributed by atoms with E-state index < -0.39 is 34.4 Å². The summed E-state index contributed by atoms with van der Waals surface area (Å²) in [6.07, 6.45) is 1.98. The molecule has 3 unspecified atom stereocenters. The van der Waals surface area contributed by atoms with E-state index in [4.69, 9.17) is 29.2 Å². The number of ether oxygens (including phenoxy) is 3. The molecule has 0 aliphatic carbocycles. The molecule has 4 rings (SSSR count). The van der Waals surface area contributed by atoms with Crippen molar-refractivity contribution in [3.8, 4) is 17.2 Å². The van der Waals surface area contributed by atoms with E-state index in [0.29, 0.717) is 36.0 Å². The Morgan fingerprint density at radius 2 is 0.694 bits per heavy atom. The van der Waals surface area contributed by atoms with Crippen molar-refractivity contribution >= 4 is 35.2 Å². The number of anilines is 3. The molecule has 0 spiro atoms. The fourth-order valence-corrected chi connectivity index (χ4v) is 8.13. The zero-order valence-corrected chi connectivity index (χ0v) is 45.8. The maximum absolute atomic E-state index is 12.3. The summed E-state index contributed by atoms with van der Waals surface area (Å²) in [6.45, 7) is 30.3. The van der Waals surface area contributed by atoms with E-state index in [1.807, 2.05) is 140 Å². The largest absolute Gasteiger partial charge is 0.507 e. The third kappa shape index (κ3) is 17.0. The van der Waals surface area contributed by atoms with Crippen molar-refractivity contribution in [2.75, 3.05) is 55.6 Å². The number of ketones is 3. The molecule has 15 heteroatoms. The van der Waals surface area contributed by atoms with Gasteiger partial charge in [-0.05, 0) is 105 Å². The minimum Gasteiger partial charge on any atom is -0.507 e. The lowest BCUT2D eigenvalue weighted by Crippen LogP contribution is -2.25. The Hall–Kier alpha value is -5.64. The number of rotatable bonds is 27. The van der Waals surface area contributed by atoms with Crippen LogP contribution in [0.1, 0.15) is 190 Å². The first kappa shape index (κ1) is 58.9. The zero-order valence-electron chi connectivity index (χ0n) is 45.8. The van der Waals surface area contributed by atoms with E-state index in [1.165, 1.54) is 0 Å². The van der Waals surface area contributed by atoms with Crippen molar-refractivity contribution in [2.45, 2.75) is 177 Å². The van der Waals surface area contributed by atoms with Crippen molar-refractivity contribution in [2.24, 2.45) is 0 Å². The highest BCUT2D eigenvalue weighted by atomic mass is 16.5. The van der Waals surface area contributed by atoms with Crippen LogP contribution in [0.5, 0.6) is 17.2 Å². The van der Waals surface area contributed by atoms with E-state index in [1.54, 1.807) is 0 Å². The van der Waals surface area contributed by atoms with Gasteiger partial charge in [-0.25, -0.2) is 0 Å². The molecule has 0 saturated heterocycles. The third-order valence-corrected chi connectivity index (χ3v) is 12.8. The number of benzene rings is 3. The number of nitrogens with zero attached hydrogens (tertiary/aromatic N) is 3. The molecule has 15 nitrogen and oxygen atoms in total. The molecule has 396 valence electrons. The quantitative estimate of drug-likeness (QED) is 0.0307. The number of Topliss-reactive ketones (excluding diaryl/α,β-unsaturated/α-hetero) is 3. The van der Waals surface area contributed by atoms with Crippen molar-refractivity contribution in [3.05, 3.63) is 86.5 Å². The maximum Gasteiger partial charge on any atom is 0.229 e. The Balaban J connectivity index is 1.96. The van der Waals surface area contributed by atoms with Gasteiger partial charge in [0, 0.05) is 38.5 Å². The van der Waals surface area contributed by atoms with Crippen LogP contribution in [0, 0.1) is 20.8 Å². The van der Waals surface area contributed by atoms with Crippen LogP contribution >= 0.6 is 0 Å². The second kappa shape index (κ2) is 25.8. The van der Waals surface area contributed by atoms with Gasteiger partial charge in [-0.15, -0.1) is 0 Å². The summed E-state index contributed by atoms with van der Waals surface area (Å²) in [5.74, 6) is 1.35. The number of nitrogens with one attached hydrogen (secondary N) is 3. The van der Waals surface area contributed by atoms with Gasteiger partial charge < -0.3 is 45.5 Å². The Kier molecular flexibility index (Phi) is 21.1. The van der Waals surface area contributed by atoms with Crippen LogP contribution in [0.25, 0.3) is 0 Å². The van der Waals surface area contributed by atoms with E-state index >= 15 is 0 Å². The van der Waals surface area contributed by atoms with E-state index in [2.05, 4.69) is 16.0 Å². The summed E-state index contributed by atoms with van der Waals surface area (Å²) < 4.78 is 18.6. The lowest BCUT2D eigenvalue weighted by Gasteiger charge is -2.27. The number of hydrogen-bond donors (Lipinski definition) is 6. The average molecular weight is 997 g/mol. The molecule has 0 saturated carbocycles. The van der Waals surface area contributed by atoms with Gasteiger partial charge in [-0.2, -0.15) is 15.0 Å². The van der Waals surface area contributed by atoms with Crippen molar-refractivity contribution < 1.29 is 43.9 Å². The number of aromatic hydroxyl groups is 3. The molecule has 1 aromatic heterocycles. The highest BCUT2D eigenvalue weighted by molar-refractivity contribution is 5.78. The molecule has 0 amide bonds. The summed E-state index contributed by atoms with van der Waals surface area (Å²) in [6, 6.07) is 9.80. The van der Waals surface area contributed by atoms with Gasteiger partial charge in [0.15, 0.2) is 0 Å².